The summed E-state index contributed by atoms with van der Waals surface area (Å²) in [6.07, 6.45) is 0. The van der Waals surface area contributed by atoms with Crippen LogP contribution in [0.25, 0.3) is 0 Å². The van der Waals surface area contributed by atoms with Crippen molar-refractivity contribution in [2.24, 2.45) is 35.5 Å². The topological polar surface area (TPSA) is 36.9 Å². The van der Waals surface area contributed by atoms with Crippen molar-refractivity contribution in [2.75, 3.05) is 13.2 Å². The van der Waals surface area contributed by atoms with E-state index in [4.69, 9.17) is 10.6 Å². The minimum atomic E-state index is -4.34. The van der Waals surface area contributed by atoms with E-state index in [0.717, 1.165) is 36.3 Å². The molecule has 0 amide bonds. The fourth-order valence-corrected chi connectivity index (χ4v) is 34.3. The summed E-state index contributed by atoms with van der Waals surface area (Å²) in [5.74, 6) is 3.56. The Hall–Kier alpha value is 1.16. The molecule has 0 atom stereocenters. The molecule has 0 heterocycles. The van der Waals surface area contributed by atoms with Gasteiger partial charge < -0.3 is 0 Å². The van der Waals surface area contributed by atoms with Gasteiger partial charge in [-0.15, -0.1) is 0 Å². The van der Waals surface area contributed by atoms with E-state index in [2.05, 4.69) is 96.9 Å². The molecule has 0 rings (SSSR count). The van der Waals surface area contributed by atoms with E-state index in [1.807, 2.05) is 0 Å². The maximum atomic E-state index is 7.56. The van der Waals surface area contributed by atoms with Crippen molar-refractivity contribution >= 4 is 16.6 Å². The second-order valence-electron chi connectivity index (χ2n) is 13.5. The normalized spacial score (nSPS) is 14.1. The van der Waals surface area contributed by atoms with Crippen LogP contribution in [0.15, 0.2) is 0 Å². The molecule has 0 aliphatic rings. The van der Waals surface area contributed by atoms with Gasteiger partial charge in [-0.05, 0) is 0 Å². The van der Waals surface area contributed by atoms with Crippen LogP contribution < -0.4 is 0 Å². The molecule has 0 aromatic heterocycles. The van der Waals surface area contributed by atoms with Crippen molar-refractivity contribution in [1.29, 1.82) is 0 Å². The Morgan fingerprint density at radius 3 is 0.771 bits per heavy atom. The van der Waals surface area contributed by atoms with E-state index in [1.54, 1.807) is 0 Å². The molecule has 0 aromatic rings. The van der Waals surface area contributed by atoms with Crippen LogP contribution >= 0.6 is 0 Å². The summed E-state index contributed by atoms with van der Waals surface area (Å²) in [6.45, 7) is 33.5. The van der Waals surface area contributed by atoms with Crippen LogP contribution in [0.3, 0.4) is 0 Å². The fraction of sp³-hybridized carbons (Fsp3) is 1.00. The SMILES string of the molecule is CC[O][Zr]([O]CC)([O][Si](CC(C)C)(CC(C)C)CC(C)C)[O][Si](CC(C)C)(CC(C)C)CC(C)C. The first-order valence-electron chi connectivity index (χ1n) is 14.7. The van der Waals surface area contributed by atoms with Crippen molar-refractivity contribution in [3.05, 3.63) is 0 Å². The van der Waals surface area contributed by atoms with Crippen LogP contribution in [-0.2, 0) is 32.7 Å². The Labute approximate surface area is 230 Å². The maximum absolute atomic E-state index is 7.56. The first-order chi connectivity index (χ1) is 16.0. The zero-order valence-corrected chi connectivity index (χ0v) is 30.7. The van der Waals surface area contributed by atoms with Crippen molar-refractivity contribution in [3.63, 3.8) is 0 Å². The van der Waals surface area contributed by atoms with Gasteiger partial charge in [-0.25, -0.2) is 0 Å². The third kappa shape index (κ3) is 14.8. The van der Waals surface area contributed by atoms with Gasteiger partial charge in [-0.2, -0.15) is 0 Å². The first kappa shape index (κ1) is 36.2. The zero-order valence-electron chi connectivity index (χ0n) is 26.3. The van der Waals surface area contributed by atoms with Crippen LogP contribution in [0.4, 0.5) is 0 Å². The number of hydrogen-bond donors (Lipinski definition) is 0. The van der Waals surface area contributed by atoms with E-state index in [9.17, 15) is 0 Å². The van der Waals surface area contributed by atoms with Gasteiger partial charge in [-0.3, -0.25) is 0 Å². The van der Waals surface area contributed by atoms with Crippen molar-refractivity contribution in [1.82, 2.24) is 0 Å². The Bertz CT molecular complexity index is 452. The molecule has 0 aliphatic carbocycles. The fourth-order valence-electron chi connectivity index (χ4n) is 6.28. The minimum absolute atomic E-state index is 0.593. The average molecular weight is 612 g/mol. The third-order valence-corrected chi connectivity index (χ3v) is 30.0. The van der Waals surface area contributed by atoms with Gasteiger partial charge in [0.1, 0.15) is 0 Å². The summed E-state index contributed by atoms with van der Waals surface area (Å²) < 4.78 is 28.5. The van der Waals surface area contributed by atoms with Crippen LogP contribution in [-0.4, -0.2) is 29.8 Å². The molecule has 212 valence electrons. The standard InChI is InChI=1S/2C12H27OSi.2C2H5O.Zr/c2*1-10(2)7-14(13,8-11(3)4)9-12(5)6;2*1-2-3;/h2*10-12H,7-9H2,1-6H3;2*2H2,1H3;/q4*-1;+4. The Morgan fingerprint density at radius 2 is 0.629 bits per heavy atom. The predicted molar refractivity (Wildman–Crippen MR) is 155 cm³/mol. The summed E-state index contributed by atoms with van der Waals surface area (Å²) in [4.78, 5) is 0. The van der Waals surface area contributed by atoms with Gasteiger partial charge in [0, 0.05) is 0 Å². The molecule has 0 aliphatic heterocycles. The van der Waals surface area contributed by atoms with E-state index in [-0.39, 0.29) is 0 Å². The molecule has 0 saturated heterocycles. The van der Waals surface area contributed by atoms with Crippen LogP contribution in [0.2, 0.25) is 36.3 Å². The monoisotopic (exact) mass is 610 g/mol. The first-order valence-corrected chi connectivity index (χ1v) is 23.8. The Morgan fingerprint density at radius 1 is 0.429 bits per heavy atom. The molecule has 7 heteroatoms. The Kier molecular flexibility index (Phi) is 17.5. The van der Waals surface area contributed by atoms with Gasteiger partial charge in [0.05, 0.1) is 0 Å². The summed E-state index contributed by atoms with van der Waals surface area (Å²) in [5.41, 5.74) is 0. The zero-order chi connectivity index (χ0) is 27.4. The molecule has 35 heavy (non-hydrogen) atoms. The van der Waals surface area contributed by atoms with Crippen LogP contribution in [0, 0.1) is 35.5 Å². The van der Waals surface area contributed by atoms with Crippen molar-refractivity contribution in [3.8, 4) is 0 Å². The molecule has 0 unspecified atom stereocenters. The van der Waals surface area contributed by atoms with E-state index >= 15 is 0 Å². The summed E-state index contributed by atoms with van der Waals surface area (Å²) in [6, 6.07) is 6.91. The van der Waals surface area contributed by atoms with Crippen molar-refractivity contribution < 1.29 is 32.7 Å². The second kappa shape index (κ2) is 17.0. The van der Waals surface area contributed by atoms with Gasteiger partial charge >= 0.3 is 231 Å². The van der Waals surface area contributed by atoms with E-state index in [1.165, 1.54) is 0 Å². The van der Waals surface area contributed by atoms with Gasteiger partial charge in [0.25, 0.3) is 0 Å². The van der Waals surface area contributed by atoms with E-state index in [0.29, 0.717) is 48.7 Å². The molecule has 0 fully saturated rings. The molecular formula is C28H64O4Si2Zr. The molecule has 0 saturated carbocycles. The van der Waals surface area contributed by atoms with Gasteiger partial charge in [-0.1, -0.05) is 0 Å². The van der Waals surface area contributed by atoms with Gasteiger partial charge in [0.15, 0.2) is 0 Å². The molecule has 0 bridgehead atoms. The quantitative estimate of drug-likeness (QED) is 0.128. The molecule has 0 spiro atoms. The molecular weight excluding hydrogens is 548 g/mol. The van der Waals surface area contributed by atoms with Crippen LogP contribution in [0.1, 0.15) is 96.9 Å². The van der Waals surface area contributed by atoms with Gasteiger partial charge in [0.2, 0.25) is 0 Å². The summed E-state index contributed by atoms with van der Waals surface area (Å²) in [7, 11) is -4.35. The Balaban J connectivity index is 6.83. The van der Waals surface area contributed by atoms with Crippen LogP contribution in [0.5, 0.6) is 0 Å². The number of hydrogen-bond acceptors (Lipinski definition) is 4. The molecule has 0 radical (unpaired) electrons. The van der Waals surface area contributed by atoms with Crippen molar-refractivity contribution in [2.45, 2.75) is 133 Å². The molecule has 0 aromatic carbocycles. The molecule has 4 nitrogen and oxygen atoms in total. The second-order valence-corrected chi connectivity index (χ2v) is 28.0. The predicted octanol–water partition coefficient (Wildman–Crippen LogP) is 9.73. The summed E-state index contributed by atoms with van der Waals surface area (Å²) >= 11 is -4.34. The molecule has 0 N–H and O–H groups in total. The average Bonchev–Trinajstić information content (AvgIpc) is 2.57. The third-order valence-electron chi connectivity index (χ3n) is 6.01. The summed E-state index contributed by atoms with van der Waals surface area (Å²) in [5, 5.41) is 0. The van der Waals surface area contributed by atoms with E-state index < -0.39 is 38.7 Å². The number of rotatable bonds is 20.